The van der Waals surface area contributed by atoms with Gasteiger partial charge in [0.15, 0.2) is 4.90 Å². The predicted octanol–water partition coefficient (Wildman–Crippen LogP) is 0.231. The summed E-state index contributed by atoms with van der Waals surface area (Å²) in [5.41, 5.74) is 0. The Morgan fingerprint density at radius 3 is 2.77 bits per heavy atom. The van der Waals surface area contributed by atoms with Gasteiger partial charge in [0.1, 0.15) is 6.20 Å². The van der Waals surface area contributed by atoms with Crippen molar-refractivity contribution in [2.45, 2.75) is 23.8 Å². The van der Waals surface area contributed by atoms with E-state index >= 15 is 0 Å². The van der Waals surface area contributed by atoms with Crippen molar-refractivity contribution in [2.24, 2.45) is 0 Å². The van der Waals surface area contributed by atoms with E-state index in [0.29, 0.717) is 6.42 Å². The molecule has 1 unspecified atom stereocenters. The standard InChI is InChI=1S/C12H16N4O5S/c1-14-8-9(5-6-11(14)17)15(2)22(20,21)10-4-3-7-13-12(10)16(18)19/h3-4,7,9H,5-6,8H2,1-2H3. The molecule has 1 saturated heterocycles. The second-order valence-electron chi connectivity index (χ2n) is 5.07. The molecule has 0 spiro atoms. The molecule has 0 saturated carbocycles. The maximum Gasteiger partial charge on any atom is 0.383 e. The molecule has 1 fully saturated rings. The minimum atomic E-state index is -4.06. The summed E-state index contributed by atoms with van der Waals surface area (Å²) in [6, 6.07) is 2.08. The molecule has 2 heterocycles. The average Bonchev–Trinajstić information content (AvgIpc) is 2.49. The SMILES string of the molecule is CN1CC(N(C)S(=O)(=O)c2cccnc2[N+](=O)[O-])CCC1=O. The molecule has 1 atom stereocenters. The monoisotopic (exact) mass is 328 g/mol. The number of pyridine rings is 1. The van der Waals surface area contributed by atoms with Gasteiger partial charge in [0, 0.05) is 33.1 Å². The summed E-state index contributed by atoms with van der Waals surface area (Å²) in [5.74, 6) is -0.746. The first-order chi connectivity index (χ1) is 10.2. The van der Waals surface area contributed by atoms with Gasteiger partial charge in [0.25, 0.3) is 10.0 Å². The first-order valence-corrected chi connectivity index (χ1v) is 8.00. The molecular formula is C12H16N4O5S. The maximum atomic E-state index is 12.6. The number of nitro groups is 1. The lowest BCUT2D eigenvalue weighted by atomic mass is 10.1. The molecule has 120 valence electrons. The Kier molecular flexibility index (Phi) is 4.42. The number of sulfonamides is 1. The van der Waals surface area contributed by atoms with Gasteiger partial charge in [0.05, 0.1) is 0 Å². The summed E-state index contributed by atoms with van der Waals surface area (Å²) in [5, 5.41) is 11.0. The van der Waals surface area contributed by atoms with Crippen LogP contribution in [-0.4, -0.2) is 60.1 Å². The van der Waals surface area contributed by atoms with Gasteiger partial charge < -0.3 is 15.0 Å². The van der Waals surface area contributed by atoms with E-state index in [4.69, 9.17) is 0 Å². The molecule has 0 radical (unpaired) electrons. The number of aromatic nitrogens is 1. The van der Waals surface area contributed by atoms with Crippen LogP contribution >= 0.6 is 0 Å². The third-order valence-corrected chi connectivity index (χ3v) is 5.63. The predicted molar refractivity (Wildman–Crippen MR) is 76.5 cm³/mol. The summed E-state index contributed by atoms with van der Waals surface area (Å²) in [6.45, 7) is 0.253. The summed E-state index contributed by atoms with van der Waals surface area (Å²) in [6.07, 6.45) is 1.80. The van der Waals surface area contributed by atoms with Crippen LogP contribution in [0.3, 0.4) is 0 Å². The highest BCUT2D eigenvalue weighted by Crippen LogP contribution is 2.26. The van der Waals surface area contributed by atoms with Crippen LogP contribution < -0.4 is 0 Å². The third kappa shape index (κ3) is 2.92. The van der Waals surface area contributed by atoms with E-state index in [1.807, 2.05) is 0 Å². The zero-order chi connectivity index (χ0) is 16.5. The van der Waals surface area contributed by atoms with E-state index in [9.17, 15) is 23.3 Å². The Hall–Kier alpha value is -2.07. The Morgan fingerprint density at radius 1 is 1.50 bits per heavy atom. The number of carbonyl (C=O) groups excluding carboxylic acids is 1. The number of nitrogens with zero attached hydrogens (tertiary/aromatic N) is 4. The molecule has 22 heavy (non-hydrogen) atoms. The van der Waals surface area contributed by atoms with Gasteiger partial charge in [0.2, 0.25) is 5.91 Å². The smallest absolute Gasteiger partial charge is 0.358 e. The first-order valence-electron chi connectivity index (χ1n) is 6.56. The Bertz CT molecular complexity index is 705. The second kappa shape index (κ2) is 5.97. The number of amides is 1. The van der Waals surface area contributed by atoms with E-state index in [1.54, 1.807) is 7.05 Å². The van der Waals surface area contributed by atoms with Gasteiger partial charge in [-0.2, -0.15) is 4.31 Å². The Morgan fingerprint density at radius 2 is 2.18 bits per heavy atom. The lowest BCUT2D eigenvalue weighted by molar-refractivity contribution is -0.392. The van der Waals surface area contributed by atoms with Gasteiger partial charge in [-0.15, -0.1) is 0 Å². The van der Waals surface area contributed by atoms with Gasteiger partial charge in [-0.25, -0.2) is 8.42 Å². The number of piperidine rings is 1. The quantitative estimate of drug-likeness (QED) is 0.577. The normalized spacial score (nSPS) is 19.5. The summed E-state index contributed by atoms with van der Waals surface area (Å²) >= 11 is 0. The van der Waals surface area contributed by atoms with Gasteiger partial charge in [-0.1, -0.05) is 0 Å². The van der Waals surface area contributed by atoms with Crippen LogP contribution in [0, 0.1) is 10.1 Å². The van der Waals surface area contributed by atoms with E-state index < -0.39 is 31.7 Å². The van der Waals surface area contributed by atoms with Crippen molar-refractivity contribution in [3.05, 3.63) is 28.4 Å². The highest BCUT2D eigenvalue weighted by molar-refractivity contribution is 7.89. The number of hydrogen-bond acceptors (Lipinski definition) is 6. The largest absolute Gasteiger partial charge is 0.383 e. The van der Waals surface area contributed by atoms with Crippen molar-refractivity contribution in [2.75, 3.05) is 20.6 Å². The van der Waals surface area contributed by atoms with Crippen LogP contribution in [0.5, 0.6) is 0 Å². The van der Waals surface area contributed by atoms with Gasteiger partial charge in [-0.3, -0.25) is 4.79 Å². The fourth-order valence-electron chi connectivity index (χ4n) is 2.36. The molecule has 1 aliphatic heterocycles. The van der Waals surface area contributed by atoms with Crippen molar-refractivity contribution in [3.8, 4) is 0 Å². The topological polar surface area (TPSA) is 114 Å². The molecule has 0 bridgehead atoms. The number of hydrogen-bond donors (Lipinski definition) is 0. The third-order valence-electron chi connectivity index (χ3n) is 3.70. The molecule has 9 nitrogen and oxygen atoms in total. The van der Waals surface area contributed by atoms with Crippen LogP contribution in [-0.2, 0) is 14.8 Å². The molecule has 1 aromatic rings. The van der Waals surface area contributed by atoms with E-state index in [2.05, 4.69) is 4.98 Å². The summed E-state index contributed by atoms with van der Waals surface area (Å²) in [4.78, 5) is 26.2. The first kappa shape index (κ1) is 16.3. The molecule has 1 aromatic heterocycles. The van der Waals surface area contributed by atoms with E-state index in [0.717, 1.165) is 10.4 Å². The van der Waals surface area contributed by atoms with Gasteiger partial charge >= 0.3 is 5.82 Å². The molecule has 1 amide bonds. The number of rotatable bonds is 4. The van der Waals surface area contributed by atoms with Gasteiger partial charge in [-0.05, 0) is 28.5 Å². The van der Waals surface area contributed by atoms with Crippen molar-refractivity contribution < 1.29 is 18.1 Å². The number of likely N-dealkylation sites (N-methyl/N-ethyl adjacent to an activating group) is 2. The Balaban J connectivity index is 2.35. The number of carbonyl (C=O) groups is 1. The fourth-order valence-corrected chi connectivity index (χ4v) is 3.84. The van der Waals surface area contributed by atoms with Crippen molar-refractivity contribution in [1.29, 1.82) is 0 Å². The maximum absolute atomic E-state index is 12.6. The minimum Gasteiger partial charge on any atom is -0.358 e. The van der Waals surface area contributed by atoms with Crippen molar-refractivity contribution >= 4 is 21.7 Å². The zero-order valence-electron chi connectivity index (χ0n) is 12.2. The van der Waals surface area contributed by atoms with Crippen molar-refractivity contribution in [1.82, 2.24) is 14.2 Å². The fraction of sp³-hybridized carbons (Fsp3) is 0.500. The van der Waals surface area contributed by atoms with Crippen LogP contribution in [0.1, 0.15) is 12.8 Å². The lowest BCUT2D eigenvalue weighted by Crippen LogP contribution is -2.49. The lowest BCUT2D eigenvalue weighted by Gasteiger charge is -2.34. The zero-order valence-corrected chi connectivity index (χ0v) is 13.0. The highest BCUT2D eigenvalue weighted by atomic mass is 32.2. The van der Waals surface area contributed by atoms with Crippen molar-refractivity contribution in [3.63, 3.8) is 0 Å². The van der Waals surface area contributed by atoms with E-state index in [-0.39, 0.29) is 18.9 Å². The van der Waals surface area contributed by atoms with E-state index in [1.165, 1.54) is 24.2 Å². The average molecular weight is 328 g/mol. The second-order valence-corrected chi connectivity index (χ2v) is 7.04. The van der Waals surface area contributed by atoms with Crippen LogP contribution in [0.25, 0.3) is 0 Å². The molecule has 0 N–H and O–H groups in total. The molecule has 1 aliphatic rings. The highest BCUT2D eigenvalue weighted by Gasteiger charge is 2.36. The molecule has 0 aromatic carbocycles. The van der Waals surface area contributed by atoms with Crippen LogP contribution in [0.2, 0.25) is 0 Å². The molecule has 0 aliphatic carbocycles. The summed E-state index contributed by atoms with van der Waals surface area (Å²) < 4.78 is 26.3. The molecule has 10 heteroatoms. The minimum absolute atomic E-state index is 0.0468. The molecular weight excluding hydrogens is 312 g/mol. The van der Waals surface area contributed by atoms with Crippen LogP contribution in [0.15, 0.2) is 23.2 Å². The Labute approximate surface area is 127 Å². The summed E-state index contributed by atoms with van der Waals surface area (Å²) in [7, 11) is -1.10. The molecule has 2 rings (SSSR count). The number of likely N-dealkylation sites (tertiary alicyclic amines) is 1. The van der Waals surface area contributed by atoms with Crippen LogP contribution in [0.4, 0.5) is 5.82 Å².